The predicted octanol–water partition coefficient (Wildman–Crippen LogP) is 7.18. The highest BCUT2D eigenvalue weighted by Crippen LogP contribution is 2.35. The molecule has 0 amide bonds. The Bertz CT molecular complexity index is 1040. The van der Waals surface area contributed by atoms with Crippen molar-refractivity contribution in [2.45, 2.75) is 25.9 Å². The van der Waals surface area contributed by atoms with Crippen molar-refractivity contribution < 1.29 is 22.6 Å². The van der Waals surface area contributed by atoms with Gasteiger partial charge >= 0.3 is 6.11 Å². The average molecular weight is 412 g/mol. The van der Waals surface area contributed by atoms with E-state index in [9.17, 15) is 13.2 Å². The number of hydrogen-bond acceptors (Lipinski definition) is 2. The van der Waals surface area contributed by atoms with Crippen molar-refractivity contribution in [2.24, 2.45) is 0 Å². The first-order valence-corrected chi connectivity index (χ1v) is 9.67. The van der Waals surface area contributed by atoms with E-state index in [-0.39, 0.29) is 5.56 Å². The van der Waals surface area contributed by atoms with Crippen molar-refractivity contribution in [2.75, 3.05) is 6.61 Å². The number of halogens is 3. The minimum absolute atomic E-state index is 0.315. The first-order valence-electron chi connectivity index (χ1n) is 9.67. The third-order valence-corrected chi connectivity index (χ3v) is 4.59. The second-order valence-corrected chi connectivity index (χ2v) is 6.81. The van der Waals surface area contributed by atoms with E-state index >= 15 is 0 Å². The van der Waals surface area contributed by atoms with Gasteiger partial charge in [0.15, 0.2) is 11.6 Å². The molecule has 30 heavy (non-hydrogen) atoms. The summed E-state index contributed by atoms with van der Waals surface area (Å²) in [6.07, 6.45) is 3.49. The molecule has 0 saturated heterocycles. The van der Waals surface area contributed by atoms with Crippen LogP contribution in [0.25, 0.3) is 10.8 Å². The molecule has 0 fully saturated rings. The lowest BCUT2D eigenvalue weighted by atomic mass is 10.1. The summed E-state index contributed by atoms with van der Waals surface area (Å²) in [5.74, 6) is -0.842. The monoisotopic (exact) mass is 412 g/mol. The summed E-state index contributed by atoms with van der Waals surface area (Å²) < 4.78 is 53.9. The fourth-order valence-corrected chi connectivity index (χ4v) is 3.03. The third-order valence-electron chi connectivity index (χ3n) is 4.59. The van der Waals surface area contributed by atoms with Crippen LogP contribution in [0.2, 0.25) is 0 Å². The van der Waals surface area contributed by atoms with Gasteiger partial charge in [0.05, 0.1) is 5.56 Å². The zero-order chi connectivity index (χ0) is 21.6. The number of benzene rings is 3. The molecule has 0 unspecified atom stereocenters. The number of aryl methyl sites for hydroxylation is 1. The van der Waals surface area contributed by atoms with E-state index in [1.54, 1.807) is 36.4 Å². The minimum atomic E-state index is -3.66. The first-order chi connectivity index (χ1) is 14.4. The van der Waals surface area contributed by atoms with Crippen LogP contribution in [0.1, 0.15) is 24.5 Å². The minimum Gasteiger partial charge on any atom is -0.490 e. The summed E-state index contributed by atoms with van der Waals surface area (Å²) in [5, 5.41) is 1.09. The van der Waals surface area contributed by atoms with Crippen LogP contribution in [0, 0.1) is 5.82 Å². The SMILES string of the molecule is C=CCOc1ccc2cc(OC(F)(F)c3ccc(CC/C=C/C)cc3)c(F)cc2c1. The maximum atomic E-state index is 14.6. The van der Waals surface area contributed by atoms with Crippen molar-refractivity contribution in [3.05, 3.63) is 96.3 Å². The lowest BCUT2D eigenvalue weighted by molar-refractivity contribution is -0.186. The molecule has 156 valence electrons. The molecule has 0 radical (unpaired) electrons. The summed E-state index contributed by atoms with van der Waals surface area (Å²) >= 11 is 0. The highest BCUT2D eigenvalue weighted by Gasteiger charge is 2.35. The van der Waals surface area contributed by atoms with Gasteiger partial charge in [0.2, 0.25) is 0 Å². The molecular formula is C25H23F3O2. The first kappa shape index (κ1) is 21.5. The lowest BCUT2D eigenvalue weighted by Gasteiger charge is -2.19. The number of hydrogen-bond donors (Lipinski definition) is 0. The normalized spacial score (nSPS) is 11.7. The Labute approximate surface area is 174 Å². The summed E-state index contributed by atoms with van der Waals surface area (Å²) in [5.41, 5.74) is 0.615. The standard InChI is InChI=1S/C25H23F3O2/c1-3-5-6-7-18-8-11-21(12-9-18)25(27,28)30-24-17-19-10-13-22(29-14-4-2)15-20(19)16-23(24)26/h3-5,8-13,15-17H,2,6-7,14H2,1H3/b5-3+. The van der Waals surface area contributed by atoms with Crippen LogP contribution in [-0.4, -0.2) is 6.61 Å². The largest absolute Gasteiger partial charge is 0.490 e. The summed E-state index contributed by atoms with van der Waals surface area (Å²) in [7, 11) is 0. The summed E-state index contributed by atoms with van der Waals surface area (Å²) in [6, 6.07) is 13.3. The van der Waals surface area contributed by atoms with E-state index < -0.39 is 17.7 Å². The van der Waals surface area contributed by atoms with Crippen LogP contribution in [0.3, 0.4) is 0 Å². The molecule has 0 aliphatic carbocycles. The zero-order valence-electron chi connectivity index (χ0n) is 16.7. The molecule has 0 aromatic heterocycles. The fraction of sp³-hybridized carbons (Fsp3) is 0.200. The zero-order valence-corrected chi connectivity index (χ0v) is 16.7. The molecule has 5 heteroatoms. The number of ether oxygens (including phenoxy) is 2. The number of alkyl halides is 2. The number of fused-ring (bicyclic) bond motifs is 1. The van der Waals surface area contributed by atoms with Gasteiger partial charge in [-0.3, -0.25) is 0 Å². The van der Waals surface area contributed by atoms with E-state index in [4.69, 9.17) is 9.47 Å². The van der Waals surface area contributed by atoms with Gasteiger partial charge in [-0.1, -0.05) is 43.0 Å². The number of allylic oxidation sites excluding steroid dienone is 2. The smallest absolute Gasteiger partial charge is 0.426 e. The molecule has 0 atom stereocenters. The van der Waals surface area contributed by atoms with Crippen LogP contribution in [0.4, 0.5) is 13.2 Å². The second-order valence-electron chi connectivity index (χ2n) is 6.81. The molecule has 3 rings (SSSR count). The number of rotatable bonds is 9. The lowest BCUT2D eigenvalue weighted by Crippen LogP contribution is -2.22. The van der Waals surface area contributed by atoms with Gasteiger partial charge in [0.25, 0.3) is 0 Å². The van der Waals surface area contributed by atoms with E-state index in [1.165, 1.54) is 18.2 Å². The van der Waals surface area contributed by atoms with Gasteiger partial charge in [0.1, 0.15) is 12.4 Å². The Kier molecular flexibility index (Phi) is 6.83. The van der Waals surface area contributed by atoms with Crippen molar-refractivity contribution in [3.63, 3.8) is 0 Å². The van der Waals surface area contributed by atoms with E-state index in [2.05, 4.69) is 6.58 Å². The van der Waals surface area contributed by atoms with Crippen molar-refractivity contribution in [1.29, 1.82) is 0 Å². The molecule has 3 aromatic carbocycles. The van der Waals surface area contributed by atoms with Gasteiger partial charge in [-0.2, -0.15) is 8.78 Å². The highest BCUT2D eigenvalue weighted by molar-refractivity contribution is 5.85. The second kappa shape index (κ2) is 9.53. The molecule has 0 aliphatic rings. The van der Waals surface area contributed by atoms with Crippen LogP contribution in [0.15, 0.2) is 79.4 Å². The molecule has 3 aromatic rings. The summed E-state index contributed by atoms with van der Waals surface area (Å²) in [6.45, 7) is 5.82. The van der Waals surface area contributed by atoms with Crippen LogP contribution in [0.5, 0.6) is 11.5 Å². The van der Waals surface area contributed by atoms with Crippen LogP contribution in [-0.2, 0) is 12.5 Å². The fourth-order valence-electron chi connectivity index (χ4n) is 3.03. The van der Waals surface area contributed by atoms with Crippen LogP contribution < -0.4 is 9.47 Å². The predicted molar refractivity (Wildman–Crippen MR) is 114 cm³/mol. The summed E-state index contributed by atoms with van der Waals surface area (Å²) in [4.78, 5) is 0. The Balaban J connectivity index is 1.79. The van der Waals surface area contributed by atoms with Crippen LogP contribution >= 0.6 is 0 Å². The quantitative estimate of drug-likeness (QED) is 0.347. The molecule has 2 nitrogen and oxygen atoms in total. The third kappa shape index (κ3) is 5.23. The molecule has 0 spiro atoms. The van der Waals surface area contributed by atoms with Gasteiger partial charge in [-0.15, -0.1) is 0 Å². The Morgan fingerprint density at radius 1 is 1.00 bits per heavy atom. The molecule has 0 N–H and O–H groups in total. The Morgan fingerprint density at radius 3 is 2.47 bits per heavy atom. The molecule has 0 saturated carbocycles. The topological polar surface area (TPSA) is 18.5 Å². The van der Waals surface area contributed by atoms with Crippen molar-refractivity contribution in [3.8, 4) is 11.5 Å². The van der Waals surface area contributed by atoms with Crippen molar-refractivity contribution in [1.82, 2.24) is 0 Å². The maximum Gasteiger partial charge on any atom is 0.426 e. The molecular weight excluding hydrogens is 389 g/mol. The van der Waals surface area contributed by atoms with Gasteiger partial charge in [0, 0.05) is 0 Å². The molecule has 0 bridgehead atoms. The van der Waals surface area contributed by atoms with Gasteiger partial charge in [-0.05, 0) is 72.5 Å². The molecule has 0 heterocycles. The molecule has 0 aliphatic heterocycles. The van der Waals surface area contributed by atoms with Gasteiger partial charge in [-0.25, -0.2) is 4.39 Å². The Morgan fingerprint density at radius 2 is 1.77 bits per heavy atom. The Hall–Kier alpha value is -3.21. The van der Waals surface area contributed by atoms with E-state index in [1.807, 2.05) is 19.1 Å². The highest BCUT2D eigenvalue weighted by atomic mass is 19.3. The maximum absolute atomic E-state index is 14.6. The van der Waals surface area contributed by atoms with E-state index in [0.717, 1.165) is 24.5 Å². The van der Waals surface area contributed by atoms with Crippen molar-refractivity contribution >= 4 is 10.8 Å². The average Bonchev–Trinajstić information content (AvgIpc) is 2.73. The van der Waals surface area contributed by atoms with E-state index in [0.29, 0.717) is 23.1 Å². The van der Waals surface area contributed by atoms with Gasteiger partial charge < -0.3 is 9.47 Å².